The Morgan fingerprint density at radius 2 is 1.83 bits per heavy atom. The molecule has 11 heteroatoms. The van der Waals surface area contributed by atoms with Gasteiger partial charge in [-0.05, 0) is 20.3 Å². The van der Waals surface area contributed by atoms with Gasteiger partial charge in [0.05, 0.1) is 18.5 Å². The highest BCUT2D eigenvalue weighted by molar-refractivity contribution is 7.89. The van der Waals surface area contributed by atoms with Crippen molar-refractivity contribution in [3.05, 3.63) is 0 Å². The minimum absolute atomic E-state index is 0.00240. The largest absolute Gasteiger partial charge is 0.379 e. The summed E-state index contributed by atoms with van der Waals surface area (Å²) in [6, 6.07) is -0.701. The lowest BCUT2D eigenvalue weighted by molar-refractivity contribution is 0.0724. The van der Waals surface area contributed by atoms with Gasteiger partial charge in [0, 0.05) is 32.2 Å². The van der Waals surface area contributed by atoms with Crippen molar-refractivity contribution in [3.63, 3.8) is 0 Å². The van der Waals surface area contributed by atoms with Crippen LogP contribution in [-0.2, 0) is 25.0 Å². The highest BCUT2D eigenvalue weighted by atomic mass is 32.2. The van der Waals surface area contributed by atoms with E-state index in [0.29, 0.717) is 13.2 Å². The molecule has 0 radical (unpaired) electrons. The zero-order valence-electron chi connectivity index (χ0n) is 13.3. The molecule has 2 atom stereocenters. The third-order valence-corrected chi connectivity index (χ3v) is 7.92. The van der Waals surface area contributed by atoms with Gasteiger partial charge in [0.15, 0.2) is 0 Å². The fourth-order valence-electron chi connectivity index (χ4n) is 2.68. The summed E-state index contributed by atoms with van der Waals surface area (Å²) in [5, 5.41) is -0.675. The summed E-state index contributed by atoms with van der Waals surface area (Å²) in [6.07, 6.45) is -1.28. The molecule has 2 rings (SSSR count). The number of halogens is 1. The number of hydrogen-bond acceptors (Lipinski definition) is 5. The Labute approximate surface area is 137 Å². The van der Waals surface area contributed by atoms with E-state index < -0.39 is 37.7 Å². The van der Waals surface area contributed by atoms with Gasteiger partial charge < -0.3 is 4.74 Å². The first kappa shape index (κ1) is 19.0. The van der Waals surface area contributed by atoms with Crippen molar-refractivity contribution in [1.82, 2.24) is 13.3 Å². The Morgan fingerprint density at radius 3 is 2.39 bits per heavy atom. The first-order valence-corrected chi connectivity index (χ1v) is 10.6. The van der Waals surface area contributed by atoms with Crippen molar-refractivity contribution in [2.45, 2.75) is 37.7 Å². The molecule has 23 heavy (non-hydrogen) atoms. The lowest BCUT2D eigenvalue weighted by Crippen LogP contribution is -2.50. The molecule has 0 aromatic rings. The van der Waals surface area contributed by atoms with Crippen LogP contribution in [-0.4, -0.2) is 82.3 Å². The van der Waals surface area contributed by atoms with Crippen LogP contribution >= 0.6 is 0 Å². The SMILES string of the molecule is CC(C)S(=O)(=O)N1C[C@@H](F)C[C@H]1CNS(=O)(=O)N1CCOCC1. The molecule has 0 unspecified atom stereocenters. The molecular formula is C12H24FN3O5S2. The van der Waals surface area contributed by atoms with Crippen LogP contribution in [0.3, 0.4) is 0 Å². The highest BCUT2D eigenvalue weighted by Gasteiger charge is 2.41. The maximum absolute atomic E-state index is 13.7. The summed E-state index contributed by atoms with van der Waals surface area (Å²) in [5.74, 6) is 0. The van der Waals surface area contributed by atoms with E-state index in [1.165, 1.54) is 18.2 Å². The van der Waals surface area contributed by atoms with Crippen LogP contribution in [0, 0.1) is 0 Å². The third kappa shape index (κ3) is 4.40. The average Bonchev–Trinajstić information content (AvgIpc) is 2.88. The molecule has 8 nitrogen and oxygen atoms in total. The number of nitrogens with one attached hydrogen (secondary N) is 1. The molecule has 0 aromatic carbocycles. The van der Waals surface area contributed by atoms with Gasteiger partial charge in [-0.15, -0.1) is 0 Å². The first-order chi connectivity index (χ1) is 10.6. The van der Waals surface area contributed by atoms with E-state index >= 15 is 0 Å². The molecule has 0 aliphatic carbocycles. The van der Waals surface area contributed by atoms with Crippen LogP contribution in [0.5, 0.6) is 0 Å². The topological polar surface area (TPSA) is 96.0 Å². The molecule has 2 fully saturated rings. The number of rotatable bonds is 6. The predicted octanol–water partition coefficient (Wildman–Crippen LogP) is -0.696. The Hall–Kier alpha value is -0.330. The summed E-state index contributed by atoms with van der Waals surface area (Å²) in [5.41, 5.74) is 0. The smallest absolute Gasteiger partial charge is 0.279 e. The molecule has 2 aliphatic heterocycles. The van der Waals surface area contributed by atoms with Crippen molar-refractivity contribution >= 4 is 20.2 Å². The number of morpholine rings is 1. The molecule has 0 saturated carbocycles. The van der Waals surface area contributed by atoms with Crippen molar-refractivity contribution < 1.29 is 26.0 Å². The van der Waals surface area contributed by atoms with E-state index in [1.54, 1.807) is 0 Å². The molecular weight excluding hydrogens is 349 g/mol. The Bertz CT molecular complexity index is 604. The van der Waals surface area contributed by atoms with Crippen LogP contribution < -0.4 is 4.72 Å². The molecule has 1 N–H and O–H groups in total. The molecule has 0 bridgehead atoms. The van der Waals surface area contributed by atoms with Crippen molar-refractivity contribution in [2.24, 2.45) is 0 Å². The van der Waals surface area contributed by atoms with E-state index in [4.69, 9.17) is 4.74 Å². The van der Waals surface area contributed by atoms with Gasteiger partial charge >= 0.3 is 0 Å². The summed E-state index contributed by atoms with van der Waals surface area (Å²) >= 11 is 0. The maximum atomic E-state index is 13.7. The van der Waals surface area contributed by atoms with Crippen LogP contribution in [0.15, 0.2) is 0 Å². The van der Waals surface area contributed by atoms with E-state index in [2.05, 4.69) is 4.72 Å². The van der Waals surface area contributed by atoms with Crippen LogP contribution in [0.25, 0.3) is 0 Å². The van der Waals surface area contributed by atoms with Gasteiger partial charge in [0.1, 0.15) is 6.17 Å². The molecule has 136 valence electrons. The summed E-state index contributed by atoms with van der Waals surface area (Å²) in [7, 11) is -7.34. The number of alkyl halides is 1. The number of ether oxygens (including phenoxy) is 1. The number of hydrogen-bond donors (Lipinski definition) is 1. The standard InChI is InChI=1S/C12H24FN3O5S2/c1-10(2)22(17,18)16-9-11(13)7-12(16)8-14-23(19,20)15-3-5-21-6-4-15/h10-12,14H,3-9H2,1-2H3/t11-,12-/m0/s1. The number of nitrogens with zero attached hydrogens (tertiary/aromatic N) is 2. The van der Waals surface area contributed by atoms with Gasteiger partial charge in [-0.3, -0.25) is 0 Å². The van der Waals surface area contributed by atoms with Crippen molar-refractivity contribution in [2.75, 3.05) is 39.4 Å². The minimum atomic E-state index is -3.72. The summed E-state index contributed by atoms with van der Waals surface area (Å²) in [6.45, 7) is 3.84. The first-order valence-electron chi connectivity index (χ1n) is 7.62. The van der Waals surface area contributed by atoms with Gasteiger partial charge in [-0.1, -0.05) is 0 Å². The van der Waals surface area contributed by atoms with Crippen LogP contribution in [0.4, 0.5) is 4.39 Å². The van der Waals surface area contributed by atoms with E-state index in [9.17, 15) is 21.2 Å². The summed E-state index contributed by atoms with van der Waals surface area (Å²) < 4.78 is 72.5. The fraction of sp³-hybridized carbons (Fsp3) is 1.00. The molecule has 2 saturated heterocycles. The van der Waals surface area contributed by atoms with Crippen LogP contribution in [0.2, 0.25) is 0 Å². The van der Waals surface area contributed by atoms with Gasteiger partial charge in [-0.25, -0.2) is 17.5 Å². The van der Waals surface area contributed by atoms with Crippen LogP contribution in [0.1, 0.15) is 20.3 Å². The lowest BCUT2D eigenvalue weighted by atomic mass is 10.2. The van der Waals surface area contributed by atoms with Crippen molar-refractivity contribution in [3.8, 4) is 0 Å². The number of sulfonamides is 1. The van der Waals surface area contributed by atoms with Gasteiger partial charge in [0.2, 0.25) is 10.0 Å². The lowest BCUT2D eigenvalue weighted by Gasteiger charge is -2.29. The second kappa shape index (κ2) is 7.28. The zero-order chi connectivity index (χ0) is 17.3. The van der Waals surface area contributed by atoms with Gasteiger partial charge in [0.25, 0.3) is 10.2 Å². The Kier molecular flexibility index (Phi) is 6.01. The zero-order valence-corrected chi connectivity index (χ0v) is 14.9. The average molecular weight is 373 g/mol. The minimum Gasteiger partial charge on any atom is -0.379 e. The monoisotopic (exact) mass is 373 g/mol. The molecule has 0 amide bonds. The molecule has 2 heterocycles. The molecule has 2 aliphatic rings. The molecule has 0 aromatic heterocycles. The predicted molar refractivity (Wildman–Crippen MR) is 83.4 cm³/mol. The van der Waals surface area contributed by atoms with E-state index in [1.807, 2.05) is 0 Å². The quantitative estimate of drug-likeness (QED) is 0.664. The normalized spacial score (nSPS) is 28.5. The van der Waals surface area contributed by atoms with Gasteiger partial charge in [-0.2, -0.15) is 17.0 Å². The molecule has 0 spiro atoms. The second-order valence-corrected chi connectivity index (χ2v) is 10.2. The third-order valence-electron chi connectivity index (χ3n) is 4.05. The second-order valence-electron chi connectivity index (χ2n) is 6.02. The van der Waals surface area contributed by atoms with E-state index in [0.717, 1.165) is 4.31 Å². The summed E-state index contributed by atoms with van der Waals surface area (Å²) in [4.78, 5) is 0. The maximum Gasteiger partial charge on any atom is 0.279 e. The fourth-order valence-corrected chi connectivity index (χ4v) is 5.38. The van der Waals surface area contributed by atoms with E-state index in [-0.39, 0.29) is 32.6 Å². The Morgan fingerprint density at radius 1 is 1.22 bits per heavy atom. The highest BCUT2D eigenvalue weighted by Crippen LogP contribution is 2.25. The van der Waals surface area contributed by atoms with Crippen molar-refractivity contribution in [1.29, 1.82) is 0 Å². The Balaban J connectivity index is 2.03.